The van der Waals surface area contributed by atoms with E-state index in [4.69, 9.17) is 5.11 Å². The Kier molecular flexibility index (Phi) is 6.48. The van der Waals surface area contributed by atoms with Gasteiger partial charge in [-0.3, -0.25) is 9.59 Å². The third-order valence-corrected chi connectivity index (χ3v) is 3.48. The summed E-state index contributed by atoms with van der Waals surface area (Å²) in [7, 11) is 0. The van der Waals surface area contributed by atoms with Crippen molar-refractivity contribution in [2.45, 2.75) is 32.1 Å². The molecule has 0 radical (unpaired) electrons. The fraction of sp³-hybridized carbons (Fsp3) is 0.353. The van der Waals surface area contributed by atoms with Crippen LogP contribution in [0.1, 0.15) is 31.4 Å². The van der Waals surface area contributed by atoms with Crippen LogP contribution in [-0.2, 0) is 16.0 Å². The maximum Gasteiger partial charge on any atom is 0.303 e. The number of carbonyl (C=O) groups excluding carboxylic acids is 1. The summed E-state index contributed by atoms with van der Waals surface area (Å²) in [6.07, 6.45) is 3.87. The molecule has 0 unspecified atom stereocenters. The molecule has 2 aromatic rings. The summed E-state index contributed by atoms with van der Waals surface area (Å²) in [5.41, 5.74) is 1.59. The summed E-state index contributed by atoms with van der Waals surface area (Å²) in [5, 5.41) is 15.7. The van der Waals surface area contributed by atoms with E-state index < -0.39 is 5.97 Å². The molecule has 0 aliphatic rings. The molecule has 0 fully saturated rings. The number of amides is 1. The second-order valence-electron chi connectivity index (χ2n) is 5.43. The zero-order valence-electron chi connectivity index (χ0n) is 13.2. The summed E-state index contributed by atoms with van der Waals surface area (Å²) >= 11 is 0. The number of hydrogen-bond acceptors (Lipinski definition) is 3. The molecule has 1 amide bonds. The molecule has 2 N–H and O–H groups in total. The SMILES string of the molecule is O=C(O)CCCCC(=O)NCCc1ccn(-c2ccc(F)cc2)n1. The summed E-state index contributed by atoms with van der Waals surface area (Å²) in [4.78, 5) is 22.0. The van der Waals surface area contributed by atoms with Crippen molar-refractivity contribution in [3.63, 3.8) is 0 Å². The molecule has 1 aromatic carbocycles. The molecular weight excluding hydrogens is 313 g/mol. The van der Waals surface area contributed by atoms with Gasteiger partial charge in [-0.05, 0) is 43.2 Å². The van der Waals surface area contributed by atoms with E-state index in [0.717, 1.165) is 11.4 Å². The van der Waals surface area contributed by atoms with E-state index in [1.54, 1.807) is 23.0 Å². The van der Waals surface area contributed by atoms with E-state index in [0.29, 0.717) is 32.2 Å². The molecule has 6 nitrogen and oxygen atoms in total. The lowest BCUT2D eigenvalue weighted by atomic mass is 10.2. The number of carboxylic acids is 1. The largest absolute Gasteiger partial charge is 0.481 e. The number of nitrogens with zero attached hydrogens (tertiary/aromatic N) is 2. The Morgan fingerprint density at radius 1 is 1.12 bits per heavy atom. The molecular formula is C17H20FN3O3. The van der Waals surface area contributed by atoms with Crippen LogP contribution in [-0.4, -0.2) is 33.3 Å². The van der Waals surface area contributed by atoms with Gasteiger partial charge in [0, 0.05) is 32.0 Å². The number of aromatic nitrogens is 2. The van der Waals surface area contributed by atoms with Crippen molar-refractivity contribution in [2.24, 2.45) is 0 Å². The van der Waals surface area contributed by atoms with Crippen LogP contribution in [0.25, 0.3) is 5.69 Å². The lowest BCUT2D eigenvalue weighted by Crippen LogP contribution is -2.25. The first-order valence-corrected chi connectivity index (χ1v) is 7.83. The molecule has 24 heavy (non-hydrogen) atoms. The topological polar surface area (TPSA) is 84.2 Å². The summed E-state index contributed by atoms with van der Waals surface area (Å²) < 4.78 is 14.6. The van der Waals surface area contributed by atoms with Crippen molar-refractivity contribution < 1.29 is 19.1 Å². The number of hydrogen-bond donors (Lipinski definition) is 2. The molecule has 0 atom stereocenters. The smallest absolute Gasteiger partial charge is 0.303 e. The number of nitrogens with one attached hydrogen (secondary N) is 1. The van der Waals surface area contributed by atoms with Gasteiger partial charge in [0.05, 0.1) is 11.4 Å². The minimum absolute atomic E-state index is 0.0849. The third-order valence-electron chi connectivity index (χ3n) is 3.48. The Morgan fingerprint density at radius 2 is 1.83 bits per heavy atom. The van der Waals surface area contributed by atoms with Gasteiger partial charge in [-0.2, -0.15) is 5.10 Å². The fourth-order valence-electron chi connectivity index (χ4n) is 2.21. The van der Waals surface area contributed by atoms with Gasteiger partial charge >= 0.3 is 5.97 Å². The van der Waals surface area contributed by atoms with Crippen LogP contribution in [0.5, 0.6) is 0 Å². The molecule has 0 saturated carbocycles. The van der Waals surface area contributed by atoms with Crippen LogP contribution in [0.3, 0.4) is 0 Å². The average molecular weight is 333 g/mol. The van der Waals surface area contributed by atoms with Gasteiger partial charge in [-0.15, -0.1) is 0 Å². The molecule has 7 heteroatoms. The minimum atomic E-state index is -0.841. The lowest BCUT2D eigenvalue weighted by molar-refractivity contribution is -0.137. The van der Waals surface area contributed by atoms with Gasteiger partial charge in [0.25, 0.3) is 0 Å². The Labute approximate surface area is 139 Å². The van der Waals surface area contributed by atoms with Crippen LogP contribution in [0.2, 0.25) is 0 Å². The second kappa shape index (κ2) is 8.81. The molecule has 1 heterocycles. The number of aliphatic carboxylic acids is 1. The maximum atomic E-state index is 12.9. The maximum absolute atomic E-state index is 12.9. The molecule has 0 saturated heterocycles. The van der Waals surface area contributed by atoms with Gasteiger partial charge in [0.2, 0.25) is 5.91 Å². The Morgan fingerprint density at radius 3 is 2.54 bits per heavy atom. The van der Waals surface area contributed by atoms with Crippen LogP contribution in [0.4, 0.5) is 4.39 Å². The van der Waals surface area contributed by atoms with Crippen molar-refractivity contribution in [1.29, 1.82) is 0 Å². The highest BCUT2D eigenvalue weighted by Crippen LogP contribution is 2.09. The normalized spacial score (nSPS) is 10.5. The number of carboxylic acid groups (broad SMARTS) is 1. The summed E-state index contributed by atoms with van der Waals surface area (Å²) in [6.45, 7) is 0.470. The van der Waals surface area contributed by atoms with Crippen molar-refractivity contribution in [1.82, 2.24) is 15.1 Å². The predicted octanol–water partition coefficient (Wildman–Crippen LogP) is 2.32. The van der Waals surface area contributed by atoms with Crippen molar-refractivity contribution in [2.75, 3.05) is 6.54 Å². The zero-order valence-corrected chi connectivity index (χ0v) is 13.2. The third kappa shape index (κ3) is 5.83. The number of halogens is 1. The Hall–Kier alpha value is -2.70. The lowest BCUT2D eigenvalue weighted by Gasteiger charge is -2.04. The predicted molar refractivity (Wildman–Crippen MR) is 86.3 cm³/mol. The van der Waals surface area contributed by atoms with Crippen molar-refractivity contribution >= 4 is 11.9 Å². The summed E-state index contributed by atoms with van der Waals surface area (Å²) in [6, 6.07) is 7.89. The molecule has 128 valence electrons. The quantitative estimate of drug-likeness (QED) is 0.690. The Balaban J connectivity index is 1.70. The highest BCUT2D eigenvalue weighted by molar-refractivity contribution is 5.75. The average Bonchev–Trinajstić information content (AvgIpc) is 3.01. The van der Waals surface area contributed by atoms with Crippen molar-refractivity contribution in [3.8, 4) is 5.69 Å². The first-order valence-electron chi connectivity index (χ1n) is 7.83. The monoisotopic (exact) mass is 333 g/mol. The zero-order chi connectivity index (χ0) is 17.4. The van der Waals surface area contributed by atoms with E-state index in [1.165, 1.54) is 12.1 Å². The van der Waals surface area contributed by atoms with Gasteiger partial charge in [-0.1, -0.05) is 0 Å². The standard InChI is InChI=1S/C17H20FN3O3/c18-13-5-7-15(8-6-13)21-12-10-14(20-21)9-11-19-16(22)3-1-2-4-17(23)24/h5-8,10,12H,1-4,9,11H2,(H,19,22)(H,23,24). The Bertz CT molecular complexity index is 683. The molecule has 0 aliphatic heterocycles. The highest BCUT2D eigenvalue weighted by atomic mass is 19.1. The number of benzene rings is 1. The number of rotatable bonds is 9. The molecule has 1 aromatic heterocycles. The van der Waals surface area contributed by atoms with Crippen molar-refractivity contribution in [3.05, 3.63) is 48.0 Å². The van der Waals surface area contributed by atoms with E-state index in [9.17, 15) is 14.0 Å². The van der Waals surface area contributed by atoms with E-state index >= 15 is 0 Å². The van der Waals surface area contributed by atoms with E-state index in [1.807, 2.05) is 6.07 Å². The van der Waals surface area contributed by atoms with E-state index in [-0.39, 0.29) is 18.1 Å². The van der Waals surface area contributed by atoms with Gasteiger partial charge in [0.1, 0.15) is 5.82 Å². The molecule has 0 bridgehead atoms. The molecule has 2 rings (SSSR count). The van der Waals surface area contributed by atoms with Crippen LogP contribution in [0, 0.1) is 5.82 Å². The molecule has 0 aliphatic carbocycles. The first kappa shape index (κ1) is 17.7. The molecule has 0 spiro atoms. The van der Waals surface area contributed by atoms with E-state index in [2.05, 4.69) is 10.4 Å². The van der Waals surface area contributed by atoms with Crippen LogP contribution in [0.15, 0.2) is 36.5 Å². The number of unbranched alkanes of at least 4 members (excludes halogenated alkanes) is 1. The van der Waals surface area contributed by atoms with Gasteiger partial charge < -0.3 is 10.4 Å². The fourth-order valence-corrected chi connectivity index (χ4v) is 2.21. The van der Waals surface area contributed by atoms with Gasteiger partial charge in [-0.25, -0.2) is 9.07 Å². The van der Waals surface area contributed by atoms with Gasteiger partial charge in [0.15, 0.2) is 0 Å². The first-order chi connectivity index (χ1) is 11.5. The van der Waals surface area contributed by atoms with Crippen LogP contribution < -0.4 is 5.32 Å². The number of carbonyl (C=O) groups is 2. The van der Waals surface area contributed by atoms with Crippen LogP contribution >= 0.6 is 0 Å². The second-order valence-corrected chi connectivity index (χ2v) is 5.43. The highest BCUT2D eigenvalue weighted by Gasteiger charge is 2.05. The minimum Gasteiger partial charge on any atom is -0.481 e. The summed E-state index contributed by atoms with van der Waals surface area (Å²) in [5.74, 6) is -1.22.